The third kappa shape index (κ3) is 7.98. The molecule has 2 aliphatic heterocycles. The summed E-state index contributed by atoms with van der Waals surface area (Å²) in [5.74, 6) is -2.32. The van der Waals surface area contributed by atoms with Crippen molar-refractivity contribution in [3.05, 3.63) is 77.0 Å². The van der Waals surface area contributed by atoms with Gasteiger partial charge in [-0.05, 0) is 39.6 Å². The minimum absolute atomic E-state index is 0. The molecule has 0 spiro atoms. The van der Waals surface area contributed by atoms with Crippen molar-refractivity contribution in [2.45, 2.75) is 35.8 Å². The Balaban J connectivity index is 0.00000480. The molecular formula is C29H29N8NaO6S2. The number of thioether (sulfide) groups is 2. The van der Waals surface area contributed by atoms with Gasteiger partial charge in [-0.15, -0.1) is 16.9 Å². The zero-order valence-electron chi connectivity index (χ0n) is 25.3. The van der Waals surface area contributed by atoms with Gasteiger partial charge in [0, 0.05) is 37.7 Å². The number of amides is 5. The SMILES string of the molecule is CN(C(=O)CCc1ccccc1)C(=O)Nc1ccccc1CC(=O)NC1C(=O)N2C(C(=O)[O-])=C(CSc3nnnn3C)CS[C@H]12.[Na+]. The molecule has 2 aromatic carbocycles. The second-order valence-corrected chi connectivity index (χ2v) is 12.3. The number of aliphatic carboxylic acids is 1. The second kappa shape index (κ2) is 15.7. The maximum atomic E-state index is 13.1. The number of fused-ring (bicyclic) bond motifs is 1. The van der Waals surface area contributed by atoms with Gasteiger partial charge in [-0.2, -0.15) is 0 Å². The molecule has 1 saturated heterocycles. The molecule has 46 heavy (non-hydrogen) atoms. The van der Waals surface area contributed by atoms with E-state index >= 15 is 0 Å². The average molecular weight is 673 g/mol. The first-order chi connectivity index (χ1) is 21.6. The molecule has 17 heteroatoms. The van der Waals surface area contributed by atoms with E-state index in [0.717, 1.165) is 15.4 Å². The molecule has 1 aromatic heterocycles. The smallest absolute Gasteiger partial charge is 0.543 e. The van der Waals surface area contributed by atoms with Crippen molar-refractivity contribution in [2.24, 2.45) is 7.05 Å². The van der Waals surface area contributed by atoms with E-state index in [2.05, 4.69) is 26.2 Å². The van der Waals surface area contributed by atoms with E-state index in [-0.39, 0.29) is 59.8 Å². The number of carboxylic acids is 1. The number of β-lactam (4-membered cyclic amide) rings is 1. The number of imide groups is 1. The molecule has 3 heterocycles. The van der Waals surface area contributed by atoms with Gasteiger partial charge in [-0.3, -0.25) is 24.2 Å². The number of urea groups is 1. The fraction of sp³-hybridized carbons (Fsp3) is 0.310. The van der Waals surface area contributed by atoms with Crippen LogP contribution in [0.25, 0.3) is 0 Å². The van der Waals surface area contributed by atoms with Crippen LogP contribution in [0.3, 0.4) is 0 Å². The quantitative estimate of drug-likeness (QED) is 0.126. The Morgan fingerprint density at radius 2 is 1.83 bits per heavy atom. The summed E-state index contributed by atoms with van der Waals surface area (Å²) in [4.78, 5) is 65.8. The number of nitrogens with zero attached hydrogens (tertiary/aromatic N) is 6. The molecule has 234 valence electrons. The zero-order valence-corrected chi connectivity index (χ0v) is 29.0. The normalized spacial score (nSPS) is 16.9. The van der Waals surface area contributed by atoms with Crippen LogP contribution in [0.15, 0.2) is 71.0 Å². The zero-order chi connectivity index (χ0) is 32.1. The average Bonchev–Trinajstić information content (AvgIpc) is 3.46. The van der Waals surface area contributed by atoms with Gasteiger partial charge in [-0.25, -0.2) is 9.48 Å². The van der Waals surface area contributed by atoms with E-state index in [9.17, 15) is 29.1 Å². The van der Waals surface area contributed by atoms with Gasteiger partial charge in [0.05, 0.1) is 18.1 Å². The molecule has 3 aromatic rings. The summed E-state index contributed by atoms with van der Waals surface area (Å²) < 4.78 is 1.46. The summed E-state index contributed by atoms with van der Waals surface area (Å²) in [5.41, 5.74) is 2.10. The second-order valence-electron chi connectivity index (χ2n) is 10.3. The van der Waals surface area contributed by atoms with Crippen LogP contribution in [0, 0.1) is 0 Å². The largest absolute Gasteiger partial charge is 1.00 e. The summed E-state index contributed by atoms with van der Waals surface area (Å²) in [7, 11) is 3.05. The summed E-state index contributed by atoms with van der Waals surface area (Å²) in [6, 6.07) is 14.6. The molecule has 2 N–H and O–H groups in total. The number of aromatic nitrogens is 4. The first kappa shape index (κ1) is 35.2. The Morgan fingerprint density at radius 1 is 1.11 bits per heavy atom. The molecule has 2 atom stereocenters. The van der Waals surface area contributed by atoms with Gasteiger partial charge in [0.25, 0.3) is 5.91 Å². The molecule has 1 unspecified atom stereocenters. The summed E-state index contributed by atoms with van der Waals surface area (Å²) in [5, 5.41) is 28.5. The van der Waals surface area contributed by atoms with Crippen molar-refractivity contribution < 1.29 is 58.6 Å². The van der Waals surface area contributed by atoms with Crippen molar-refractivity contribution in [1.29, 1.82) is 0 Å². The topological polar surface area (TPSA) is 183 Å². The molecule has 0 saturated carbocycles. The van der Waals surface area contributed by atoms with Crippen molar-refractivity contribution in [1.82, 2.24) is 35.3 Å². The van der Waals surface area contributed by atoms with Gasteiger partial charge in [0.1, 0.15) is 11.4 Å². The minimum atomic E-state index is -1.47. The molecule has 1 fully saturated rings. The number of benzene rings is 2. The van der Waals surface area contributed by atoms with Crippen molar-refractivity contribution in [2.75, 3.05) is 23.9 Å². The first-order valence-electron chi connectivity index (χ1n) is 13.9. The summed E-state index contributed by atoms with van der Waals surface area (Å²) in [6.07, 6.45) is 0.476. The van der Waals surface area contributed by atoms with Crippen LogP contribution in [0.1, 0.15) is 17.5 Å². The Kier molecular flexibility index (Phi) is 12.0. The number of nitrogens with one attached hydrogen (secondary N) is 2. The number of rotatable bonds is 11. The Bertz CT molecular complexity index is 1670. The van der Waals surface area contributed by atoms with Crippen molar-refractivity contribution in [3.63, 3.8) is 0 Å². The predicted molar refractivity (Wildman–Crippen MR) is 163 cm³/mol. The van der Waals surface area contributed by atoms with Crippen LogP contribution in [0.5, 0.6) is 0 Å². The molecule has 0 radical (unpaired) electrons. The van der Waals surface area contributed by atoms with Gasteiger partial charge >= 0.3 is 35.6 Å². The number of carbonyl (C=O) groups is 5. The van der Waals surface area contributed by atoms with Gasteiger partial charge < -0.3 is 20.5 Å². The number of tetrazole rings is 1. The number of para-hydroxylation sites is 1. The van der Waals surface area contributed by atoms with E-state index < -0.39 is 35.2 Å². The molecule has 0 bridgehead atoms. The van der Waals surface area contributed by atoms with E-state index in [1.807, 2.05) is 30.3 Å². The molecule has 5 amide bonds. The number of anilines is 1. The van der Waals surface area contributed by atoms with Gasteiger partial charge in [0.15, 0.2) is 0 Å². The third-order valence-corrected chi connectivity index (χ3v) is 9.71. The third-order valence-electron chi connectivity index (χ3n) is 7.27. The number of hydrogen-bond acceptors (Lipinski definition) is 11. The molecule has 0 aliphatic carbocycles. The standard InChI is InChI=1S/C29H30N8O6S2.Na/c1-35(22(39)13-12-17-8-4-3-5-9-17)28(43)30-20-11-7-6-10-18(20)14-21(38)31-23-25(40)37-24(27(41)42)19(15-44-26(23)37)16-45-29-32-33-34-36(29)2;/h3-11,23,26H,12-16H2,1-2H3,(H,30,43)(H,31,38)(H,41,42);/q;+1/p-1/t23?,26-;/m1./s1. The first-order valence-corrected chi connectivity index (χ1v) is 15.9. The maximum absolute atomic E-state index is 13.1. The van der Waals surface area contributed by atoms with Crippen LogP contribution in [0.4, 0.5) is 10.5 Å². The Morgan fingerprint density at radius 3 is 2.52 bits per heavy atom. The molecule has 14 nitrogen and oxygen atoms in total. The van der Waals surface area contributed by atoms with E-state index in [4.69, 9.17) is 0 Å². The van der Waals surface area contributed by atoms with Crippen molar-refractivity contribution >= 4 is 58.9 Å². The fourth-order valence-electron chi connectivity index (χ4n) is 4.85. The Labute approximate surface area is 295 Å². The summed E-state index contributed by atoms with van der Waals surface area (Å²) >= 11 is 2.58. The van der Waals surface area contributed by atoms with Gasteiger partial charge in [-0.1, -0.05) is 60.3 Å². The van der Waals surface area contributed by atoms with E-state index in [1.54, 1.807) is 31.3 Å². The van der Waals surface area contributed by atoms with Crippen molar-refractivity contribution in [3.8, 4) is 0 Å². The fourth-order valence-corrected chi connectivity index (χ4v) is 7.18. The molecular weight excluding hydrogens is 643 g/mol. The van der Waals surface area contributed by atoms with Crippen LogP contribution in [0.2, 0.25) is 0 Å². The van der Waals surface area contributed by atoms with Crippen LogP contribution >= 0.6 is 23.5 Å². The van der Waals surface area contributed by atoms with Crippen LogP contribution < -0.4 is 45.3 Å². The minimum Gasteiger partial charge on any atom is -0.543 e. The van der Waals surface area contributed by atoms with Crippen LogP contribution in [-0.4, -0.2) is 89.7 Å². The van der Waals surface area contributed by atoms with E-state index in [1.165, 1.54) is 35.3 Å². The number of carboxylic acid groups (broad SMARTS) is 1. The van der Waals surface area contributed by atoms with Gasteiger partial charge in [0.2, 0.25) is 17.0 Å². The maximum Gasteiger partial charge on any atom is 1.00 e. The monoisotopic (exact) mass is 672 g/mol. The number of aryl methyl sites for hydroxylation is 2. The molecule has 2 aliphatic rings. The van der Waals surface area contributed by atoms with E-state index in [0.29, 0.717) is 34.2 Å². The predicted octanol–water partition coefficient (Wildman–Crippen LogP) is -2.42. The molecule has 5 rings (SSSR count). The van der Waals surface area contributed by atoms with Crippen LogP contribution in [-0.2, 0) is 39.1 Å². The summed E-state index contributed by atoms with van der Waals surface area (Å²) in [6.45, 7) is 0. The Hall–Kier alpha value is -3.70. The number of hydrogen-bond donors (Lipinski definition) is 2. The number of carbonyl (C=O) groups excluding carboxylic acids is 5.